The molecule has 3 rings (SSSR count). The Labute approximate surface area is 191 Å². The van der Waals surface area contributed by atoms with Crippen LogP contribution < -0.4 is 25.6 Å². The molecule has 0 aliphatic rings. The molecular weight excluding hydrogens is 424 g/mol. The van der Waals surface area contributed by atoms with Crippen molar-refractivity contribution in [2.24, 2.45) is 0 Å². The summed E-state index contributed by atoms with van der Waals surface area (Å²) in [7, 11) is 0. The van der Waals surface area contributed by atoms with Crippen molar-refractivity contribution >= 4 is 11.9 Å². The van der Waals surface area contributed by atoms with Crippen molar-refractivity contribution in [3.63, 3.8) is 0 Å². The first-order valence-electron chi connectivity index (χ1n) is 10.4. The van der Waals surface area contributed by atoms with Gasteiger partial charge < -0.3 is 19.9 Å². The maximum Gasteiger partial charge on any atom is 0.333 e. The highest BCUT2D eigenvalue weighted by molar-refractivity contribution is 5.94. The standard InChI is InChI=1S/C24H26N4O5/c1-17(29)13-26-24(31)28-27-23(30)20-12-21(32-15-18-8-4-2-5-9-18)22(14-25-20)33-16-19-10-6-3-7-11-19/h2-12,14,17,29H,13,15-16H2,1H3,(H,27,30)(H2,26,28,31)/t17-/m1/s1. The van der Waals surface area contributed by atoms with Crippen molar-refractivity contribution in [2.45, 2.75) is 26.2 Å². The molecule has 0 aliphatic heterocycles. The third-order valence-electron chi connectivity index (χ3n) is 4.39. The average molecular weight is 450 g/mol. The Hall–Kier alpha value is -4.11. The first-order valence-corrected chi connectivity index (χ1v) is 10.4. The molecule has 0 radical (unpaired) electrons. The fourth-order valence-electron chi connectivity index (χ4n) is 2.70. The molecule has 172 valence electrons. The number of hydrazine groups is 1. The topological polar surface area (TPSA) is 122 Å². The minimum Gasteiger partial charge on any atom is -0.485 e. The molecule has 1 atom stereocenters. The SMILES string of the molecule is C[C@@H](O)CNC(=O)NNC(=O)c1cc(OCc2ccccc2)c(OCc2ccccc2)cn1. The summed E-state index contributed by atoms with van der Waals surface area (Å²) in [6.45, 7) is 2.15. The van der Waals surface area contributed by atoms with E-state index in [9.17, 15) is 14.7 Å². The average Bonchev–Trinajstić information content (AvgIpc) is 2.85. The van der Waals surface area contributed by atoms with Gasteiger partial charge in [0.15, 0.2) is 11.5 Å². The van der Waals surface area contributed by atoms with Crippen LogP contribution >= 0.6 is 0 Å². The Balaban J connectivity index is 1.69. The van der Waals surface area contributed by atoms with Gasteiger partial charge in [0.2, 0.25) is 0 Å². The number of carbonyl (C=O) groups excluding carboxylic acids is 2. The lowest BCUT2D eigenvalue weighted by Crippen LogP contribution is -2.48. The van der Waals surface area contributed by atoms with Crippen LogP contribution in [0.4, 0.5) is 4.79 Å². The number of nitrogens with zero attached hydrogens (tertiary/aromatic N) is 1. The zero-order valence-corrected chi connectivity index (χ0v) is 18.2. The quantitative estimate of drug-likeness (QED) is 0.372. The normalized spacial score (nSPS) is 11.2. The lowest BCUT2D eigenvalue weighted by molar-refractivity contribution is 0.0930. The number of aromatic nitrogens is 1. The Morgan fingerprint density at radius 3 is 2.06 bits per heavy atom. The second kappa shape index (κ2) is 12.1. The van der Waals surface area contributed by atoms with Crippen molar-refractivity contribution in [1.82, 2.24) is 21.2 Å². The number of amides is 3. The van der Waals surface area contributed by atoms with Gasteiger partial charge in [0, 0.05) is 12.6 Å². The van der Waals surface area contributed by atoms with Crippen LogP contribution in [0.5, 0.6) is 11.5 Å². The van der Waals surface area contributed by atoms with Crippen LogP contribution in [0.15, 0.2) is 72.9 Å². The van der Waals surface area contributed by atoms with Crippen LogP contribution in [0.1, 0.15) is 28.5 Å². The maximum atomic E-state index is 12.4. The first-order chi connectivity index (χ1) is 16.0. The van der Waals surface area contributed by atoms with Gasteiger partial charge in [-0.25, -0.2) is 15.2 Å². The van der Waals surface area contributed by atoms with Crippen LogP contribution in [-0.2, 0) is 13.2 Å². The third-order valence-corrected chi connectivity index (χ3v) is 4.39. The molecule has 0 bridgehead atoms. The summed E-state index contributed by atoms with van der Waals surface area (Å²) in [4.78, 5) is 28.2. The molecule has 0 spiro atoms. The minimum atomic E-state index is -0.708. The third kappa shape index (κ3) is 7.82. The van der Waals surface area contributed by atoms with E-state index in [0.29, 0.717) is 18.1 Å². The minimum absolute atomic E-state index is 0.0287. The lowest BCUT2D eigenvalue weighted by Gasteiger charge is -2.14. The number of nitrogens with one attached hydrogen (secondary N) is 3. The Kier molecular flexibility index (Phi) is 8.61. The smallest absolute Gasteiger partial charge is 0.333 e. The van der Waals surface area contributed by atoms with E-state index >= 15 is 0 Å². The summed E-state index contributed by atoms with van der Waals surface area (Å²) in [6, 6.07) is 20.0. The highest BCUT2D eigenvalue weighted by Crippen LogP contribution is 2.28. The predicted octanol–water partition coefficient (Wildman–Crippen LogP) is 2.56. The van der Waals surface area contributed by atoms with Gasteiger partial charge in [-0.1, -0.05) is 60.7 Å². The van der Waals surface area contributed by atoms with E-state index < -0.39 is 18.0 Å². The molecule has 2 aromatic carbocycles. The Bertz CT molecular complexity index is 1050. The second-order valence-electron chi connectivity index (χ2n) is 7.20. The highest BCUT2D eigenvalue weighted by Gasteiger charge is 2.15. The summed E-state index contributed by atoms with van der Waals surface area (Å²) >= 11 is 0. The molecule has 9 heteroatoms. The predicted molar refractivity (Wildman–Crippen MR) is 121 cm³/mol. The number of aliphatic hydroxyl groups excluding tert-OH is 1. The largest absolute Gasteiger partial charge is 0.485 e. The van der Waals surface area contributed by atoms with Crippen molar-refractivity contribution in [1.29, 1.82) is 0 Å². The molecule has 33 heavy (non-hydrogen) atoms. The van der Waals surface area contributed by atoms with Crippen molar-refractivity contribution in [2.75, 3.05) is 6.54 Å². The number of hydrogen-bond acceptors (Lipinski definition) is 6. The summed E-state index contributed by atoms with van der Waals surface area (Å²) in [5.41, 5.74) is 6.41. The maximum absolute atomic E-state index is 12.4. The number of aliphatic hydroxyl groups is 1. The van der Waals surface area contributed by atoms with Gasteiger partial charge in [0.1, 0.15) is 18.9 Å². The molecule has 3 amide bonds. The van der Waals surface area contributed by atoms with E-state index in [0.717, 1.165) is 11.1 Å². The highest BCUT2D eigenvalue weighted by atomic mass is 16.5. The molecule has 0 aliphatic carbocycles. The number of pyridine rings is 1. The number of hydrogen-bond donors (Lipinski definition) is 4. The van der Waals surface area contributed by atoms with Gasteiger partial charge in [-0.15, -0.1) is 0 Å². The van der Waals surface area contributed by atoms with Gasteiger partial charge in [-0.05, 0) is 18.1 Å². The Morgan fingerprint density at radius 1 is 0.909 bits per heavy atom. The lowest BCUT2D eigenvalue weighted by atomic mass is 10.2. The number of carbonyl (C=O) groups is 2. The molecule has 0 unspecified atom stereocenters. The number of ether oxygens (including phenoxy) is 2. The summed E-state index contributed by atoms with van der Waals surface area (Å²) in [5, 5.41) is 11.6. The zero-order chi connectivity index (χ0) is 23.5. The van der Waals surface area contributed by atoms with Crippen LogP contribution in [0.3, 0.4) is 0 Å². The molecule has 3 aromatic rings. The number of urea groups is 1. The van der Waals surface area contributed by atoms with Crippen molar-refractivity contribution < 1.29 is 24.2 Å². The molecule has 4 N–H and O–H groups in total. The molecular formula is C24H26N4O5. The summed E-state index contributed by atoms with van der Waals surface area (Å²) in [6.07, 6.45) is 0.701. The van der Waals surface area contributed by atoms with Crippen LogP contribution in [-0.4, -0.2) is 34.7 Å². The van der Waals surface area contributed by atoms with Gasteiger partial charge in [-0.2, -0.15) is 0 Å². The number of rotatable bonds is 9. The van der Waals surface area contributed by atoms with Gasteiger partial charge in [0.05, 0.1) is 12.3 Å². The second-order valence-corrected chi connectivity index (χ2v) is 7.20. The molecule has 0 fully saturated rings. The van der Waals surface area contributed by atoms with Crippen LogP contribution in [0.25, 0.3) is 0 Å². The molecule has 1 heterocycles. The van der Waals surface area contributed by atoms with Crippen LogP contribution in [0, 0.1) is 0 Å². The van der Waals surface area contributed by atoms with Gasteiger partial charge in [-0.3, -0.25) is 10.2 Å². The summed E-state index contributed by atoms with van der Waals surface area (Å²) in [5.74, 6) is 0.0869. The monoisotopic (exact) mass is 450 g/mol. The number of benzene rings is 2. The molecule has 0 saturated heterocycles. The zero-order valence-electron chi connectivity index (χ0n) is 18.2. The van der Waals surface area contributed by atoms with Crippen molar-refractivity contribution in [3.8, 4) is 11.5 Å². The van der Waals surface area contributed by atoms with Gasteiger partial charge in [0.25, 0.3) is 5.91 Å². The van der Waals surface area contributed by atoms with E-state index in [1.807, 2.05) is 60.7 Å². The fourth-order valence-corrected chi connectivity index (χ4v) is 2.70. The Morgan fingerprint density at radius 2 is 1.48 bits per heavy atom. The van der Waals surface area contributed by atoms with E-state index in [1.165, 1.54) is 19.2 Å². The molecule has 0 saturated carbocycles. The summed E-state index contributed by atoms with van der Waals surface area (Å²) < 4.78 is 11.8. The van der Waals surface area contributed by atoms with E-state index in [1.54, 1.807) is 0 Å². The molecule has 9 nitrogen and oxygen atoms in total. The van der Waals surface area contributed by atoms with E-state index in [-0.39, 0.29) is 18.8 Å². The first kappa shape index (κ1) is 23.6. The fraction of sp³-hybridized carbons (Fsp3) is 0.208. The van der Waals surface area contributed by atoms with Crippen LogP contribution in [0.2, 0.25) is 0 Å². The van der Waals surface area contributed by atoms with Crippen molar-refractivity contribution in [3.05, 3.63) is 89.7 Å². The van der Waals surface area contributed by atoms with Gasteiger partial charge >= 0.3 is 6.03 Å². The molecule has 1 aromatic heterocycles. The van der Waals surface area contributed by atoms with E-state index in [2.05, 4.69) is 21.2 Å². The van der Waals surface area contributed by atoms with E-state index in [4.69, 9.17) is 9.47 Å².